The maximum Gasteiger partial charge on any atom is 0.264 e. The lowest BCUT2D eigenvalue weighted by Crippen LogP contribution is -2.51. The number of hydrogen-bond acceptors (Lipinski definition) is 4. The van der Waals surface area contributed by atoms with E-state index in [4.69, 9.17) is 4.74 Å². The molecule has 0 aromatic heterocycles. The minimum Gasteiger partial charge on any atom is -0.497 e. The van der Waals surface area contributed by atoms with E-state index in [1.165, 1.54) is 31.2 Å². The van der Waals surface area contributed by atoms with Crippen molar-refractivity contribution < 1.29 is 13.2 Å². The zero-order chi connectivity index (χ0) is 25.0. The van der Waals surface area contributed by atoms with Gasteiger partial charge in [0.2, 0.25) is 0 Å². The van der Waals surface area contributed by atoms with E-state index in [0.29, 0.717) is 22.5 Å². The molecule has 6 heteroatoms. The van der Waals surface area contributed by atoms with Crippen molar-refractivity contribution in [2.45, 2.75) is 61.4 Å². The number of anilines is 1. The zero-order valence-electron chi connectivity index (χ0n) is 21.0. The van der Waals surface area contributed by atoms with Crippen molar-refractivity contribution in [2.75, 3.05) is 24.5 Å². The minimum atomic E-state index is -3.70. The highest BCUT2D eigenvalue weighted by Crippen LogP contribution is 2.38. The molecule has 0 spiro atoms. The van der Waals surface area contributed by atoms with Crippen LogP contribution in [0.1, 0.15) is 50.0 Å². The lowest BCUT2D eigenvalue weighted by atomic mass is 9.78. The van der Waals surface area contributed by atoms with Crippen molar-refractivity contribution in [2.24, 2.45) is 0 Å². The van der Waals surface area contributed by atoms with Crippen LogP contribution in [0.3, 0.4) is 0 Å². The van der Waals surface area contributed by atoms with E-state index in [9.17, 15) is 8.42 Å². The summed E-state index contributed by atoms with van der Waals surface area (Å²) in [6.07, 6.45) is 6.64. The molecule has 2 aliphatic rings. The van der Waals surface area contributed by atoms with Gasteiger partial charge >= 0.3 is 0 Å². The summed E-state index contributed by atoms with van der Waals surface area (Å²) in [7, 11) is -2.07. The smallest absolute Gasteiger partial charge is 0.264 e. The number of sulfonamides is 1. The van der Waals surface area contributed by atoms with E-state index in [2.05, 4.69) is 35.2 Å². The standard InChI is InChI=1S/C30H36N2O3S/c1-35-27-18-16-25(17-19-27)32(36(33,34)28-12-6-3-7-13-28)26-20-22-31(23-21-26)30-15-9-8-14-29(30)24-10-4-2-5-11-24/h2-7,10-13,16-19,26,29-30H,8-9,14-15,20-23H2,1H3/t29-,30-/m1/s1. The van der Waals surface area contributed by atoms with Gasteiger partial charge in [0.15, 0.2) is 0 Å². The summed E-state index contributed by atoms with van der Waals surface area (Å²) < 4.78 is 34.8. The topological polar surface area (TPSA) is 49.9 Å². The number of benzene rings is 3. The summed E-state index contributed by atoms with van der Waals surface area (Å²) in [6.45, 7) is 1.82. The molecular weight excluding hydrogens is 468 g/mol. The van der Waals surface area contributed by atoms with E-state index < -0.39 is 10.0 Å². The van der Waals surface area contributed by atoms with Crippen molar-refractivity contribution >= 4 is 15.7 Å². The number of ether oxygens (including phenoxy) is 1. The maximum atomic E-state index is 13.9. The van der Waals surface area contributed by atoms with Crippen LogP contribution in [0.5, 0.6) is 5.75 Å². The van der Waals surface area contributed by atoms with Crippen LogP contribution in [0.4, 0.5) is 5.69 Å². The van der Waals surface area contributed by atoms with Gasteiger partial charge < -0.3 is 4.74 Å². The van der Waals surface area contributed by atoms with Crippen LogP contribution in [0.15, 0.2) is 89.8 Å². The van der Waals surface area contributed by atoms with Crippen LogP contribution in [-0.4, -0.2) is 45.6 Å². The van der Waals surface area contributed by atoms with Crippen molar-refractivity contribution in [3.63, 3.8) is 0 Å². The fourth-order valence-electron chi connectivity index (χ4n) is 6.07. The Morgan fingerprint density at radius 1 is 0.778 bits per heavy atom. The molecule has 1 saturated heterocycles. The predicted molar refractivity (Wildman–Crippen MR) is 145 cm³/mol. The van der Waals surface area contributed by atoms with Gasteiger partial charge in [0.05, 0.1) is 17.7 Å². The highest BCUT2D eigenvalue weighted by molar-refractivity contribution is 7.92. The molecule has 1 saturated carbocycles. The zero-order valence-corrected chi connectivity index (χ0v) is 21.8. The Hall–Kier alpha value is -2.83. The van der Waals surface area contributed by atoms with E-state index in [1.54, 1.807) is 35.7 Å². The Morgan fingerprint density at radius 3 is 2.03 bits per heavy atom. The normalized spacial score (nSPS) is 21.7. The van der Waals surface area contributed by atoms with Gasteiger partial charge in [-0.3, -0.25) is 9.21 Å². The van der Waals surface area contributed by atoms with Crippen molar-refractivity contribution in [3.8, 4) is 5.75 Å². The molecule has 5 rings (SSSR count). The van der Waals surface area contributed by atoms with Gasteiger partial charge in [-0.25, -0.2) is 8.42 Å². The molecule has 190 valence electrons. The molecule has 0 bridgehead atoms. The minimum absolute atomic E-state index is 0.0846. The third-order valence-electron chi connectivity index (χ3n) is 7.88. The first-order chi connectivity index (χ1) is 17.6. The second-order valence-electron chi connectivity index (χ2n) is 9.95. The van der Waals surface area contributed by atoms with Crippen LogP contribution >= 0.6 is 0 Å². The van der Waals surface area contributed by atoms with E-state index in [-0.39, 0.29) is 6.04 Å². The quantitative estimate of drug-likeness (QED) is 0.391. The number of hydrogen-bond donors (Lipinski definition) is 0. The van der Waals surface area contributed by atoms with Crippen molar-refractivity contribution in [3.05, 3.63) is 90.5 Å². The first kappa shape index (κ1) is 24.8. The molecule has 1 aliphatic heterocycles. The monoisotopic (exact) mass is 504 g/mol. The molecule has 0 unspecified atom stereocenters. The van der Waals surface area contributed by atoms with Crippen molar-refractivity contribution in [1.29, 1.82) is 0 Å². The molecule has 1 aliphatic carbocycles. The van der Waals surface area contributed by atoms with Crippen LogP contribution in [-0.2, 0) is 10.0 Å². The molecular formula is C30H36N2O3S. The van der Waals surface area contributed by atoms with Crippen molar-refractivity contribution in [1.82, 2.24) is 4.90 Å². The molecule has 0 N–H and O–H groups in total. The highest BCUT2D eigenvalue weighted by atomic mass is 32.2. The number of rotatable bonds is 7. The molecule has 3 aromatic carbocycles. The Morgan fingerprint density at radius 2 is 1.39 bits per heavy atom. The Bertz CT molecular complexity index is 1210. The second kappa shape index (κ2) is 11.1. The third-order valence-corrected chi connectivity index (χ3v) is 9.78. The Labute approximate surface area is 215 Å². The first-order valence-electron chi connectivity index (χ1n) is 13.1. The van der Waals surface area contributed by atoms with Gasteiger partial charge in [-0.05, 0) is 73.6 Å². The van der Waals surface area contributed by atoms with Gasteiger partial charge in [0.1, 0.15) is 5.75 Å². The number of piperidine rings is 1. The van der Waals surface area contributed by atoms with Gasteiger partial charge in [-0.2, -0.15) is 0 Å². The molecule has 1 heterocycles. The fraction of sp³-hybridized carbons (Fsp3) is 0.400. The van der Waals surface area contributed by atoms with Crippen LogP contribution in [0.2, 0.25) is 0 Å². The number of nitrogens with zero attached hydrogens (tertiary/aromatic N) is 2. The Kier molecular flexibility index (Phi) is 7.63. The summed E-state index contributed by atoms with van der Waals surface area (Å²) in [5, 5.41) is 0. The fourth-order valence-corrected chi connectivity index (χ4v) is 7.80. The number of methoxy groups -OCH3 is 1. The summed E-state index contributed by atoms with van der Waals surface area (Å²) in [5.41, 5.74) is 2.13. The SMILES string of the molecule is COc1ccc(N(C2CCN([C@@H]3CCCC[C@@H]3c3ccccc3)CC2)S(=O)(=O)c2ccccc2)cc1. The lowest BCUT2D eigenvalue weighted by Gasteiger charge is -2.45. The summed E-state index contributed by atoms with van der Waals surface area (Å²) >= 11 is 0. The molecule has 36 heavy (non-hydrogen) atoms. The van der Waals surface area contributed by atoms with Gasteiger partial charge in [-0.1, -0.05) is 61.4 Å². The van der Waals surface area contributed by atoms with Crippen LogP contribution in [0.25, 0.3) is 0 Å². The Balaban J connectivity index is 1.38. The molecule has 5 nitrogen and oxygen atoms in total. The lowest BCUT2D eigenvalue weighted by molar-refractivity contribution is 0.107. The summed E-state index contributed by atoms with van der Waals surface area (Å²) in [6, 6.07) is 27.6. The van der Waals surface area contributed by atoms with E-state index in [0.717, 1.165) is 31.7 Å². The largest absolute Gasteiger partial charge is 0.497 e. The molecule has 3 aromatic rings. The predicted octanol–water partition coefficient (Wildman–Crippen LogP) is 6.08. The van der Waals surface area contributed by atoms with Crippen LogP contribution < -0.4 is 9.04 Å². The molecule has 2 atom stereocenters. The number of likely N-dealkylation sites (tertiary alicyclic amines) is 1. The van der Waals surface area contributed by atoms with E-state index >= 15 is 0 Å². The van der Waals surface area contributed by atoms with E-state index in [1.807, 2.05) is 30.3 Å². The van der Waals surface area contributed by atoms with Gasteiger partial charge in [0, 0.05) is 25.2 Å². The molecule has 0 radical (unpaired) electrons. The average Bonchev–Trinajstić information content (AvgIpc) is 2.95. The van der Waals surface area contributed by atoms with Gasteiger partial charge in [-0.15, -0.1) is 0 Å². The highest BCUT2D eigenvalue weighted by Gasteiger charge is 2.38. The van der Waals surface area contributed by atoms with Crippen LogP contribution in [0, 0.1) is 0 Å². The maximum absolute atomic E-state index is 13.9. The second-order valence-corrected chi connectivity index (χ2v) is 11.8. The first-order valence-corrected chi connectivity index (χ1v) is 14.5. The molecule has 2 fully saturated rings. The average molecular weight is 505 g/mol. The summed E-state index contributed by atoms with van der Waals surface area (Å²) in [5.74, 6) is 1.28. The van der Waals surface area contributed by atoms with Gasteiger partial charge in [0.25, 0.3) is 10.0 Å². The third kappa shape index (κ3) is 5.16. The molecule has 0 amide bonds. The summed E-state index contributed by atoms with van der Waals surface area (Å²) in [4.78, 5) is 2.97.